The molecule has 3 aliphatic rings. The highest BCUT2D eigenvalue weighted by molar-refractivity contribution is 5.76. The van der Waals surface area contributed by atoms with Gasteiger partial charge >= 0.3 is 0 Å². The fourth-order valence-corrected chi connectivity index (χ4v) is 5.89. The van der Waals surface area contributed by atoms with Gasteiger partial charge in [0, 0.05) is 55.9 Å². The number of anilines is 2. The molecule has 0 spiro atoms. The highest BCUT2D eigenvalue weighted by Crippen LogP contribution is 2.48. The third-order valence-corrected chi connectivity index (χ3v) is 7.49. The minimum Gasteiger partial charge on any atom is -0.343 e. The van der Waals surface area contributed by atoms with Crippen molar-refractivity contribution >= 4 is 17.3 Å². The van der Waals surface area contributed by atoms with Crippen LogP contribution in [0, 0.1) is 12.7 Å². The smallest absolute Gasteiger partial charge is 0.222 e. The van der Waals surface area contributed by atoms with E-state index in [0.29, 0.717) is 17.9 Å². The first kappa shape index (κ1) is 21.4. The molecule has 5 heteroatoms. The summed E-state index contributed by atoms with van der Waals surface area (Å²) in [4.78, 5) is 19.1. The number of hydrogen-bond donors (Lipinski definition) is 0. The van der Waals surface area contributed by atoms with Gasteiger partial charge in [0.05, 0.1) is 0 Å². The molecule has 2 aromatic carbocycles. The van der Waals surface area contributed by atoms with Gasteiger partial charge in [0.1, 0.15) is 5.82 Å². The second-order valence-corrected chi connectivity index (χ2v) is 9.72. The molecule has 2 fully saturated rings. The van der Waals surface area contributed by atoms with Crippen LogP contribution in [0.3, 0.4) is 0 Å². The summed E-state index contributed by atoms with van der Waals surface area (Å²) >= 11 is 0. The molecule has 3 heterocycles. The molecule has 3 aliphatic heterocycles. The standard InChI is InChI=1S/C27H34FN3O/c1-20-7-6-8-22(17-20)31-25-11-10-21(28)18-23(25)24-19-29(16-12-26(24)31)13-4-5-15-30-14-3-2-9-27(30)32/h6-8,10-11,17-18,24,26H,2-5,9,12-16,19H2,1H3. The topological polar surface area (TPSA) is 26.8 Å². The van der Waals surface area contributed by atoms with Crippen LogP contribution >= 0.6 is 0 Å². The van der Waals surface area contributed by atoms with E-state index in [-0.39, 0.29) is 5.82 Å². The number of rotatable bonds is 6. The predicted molar refractivity (Wildman–Crippen MR) is 127 cm³/mol. The van der Waals surface area contributed by atoms with Crippen molar-refractivity contribution in [3.05, 3.63) is 59.4 Å². The summed E-state index contributed by atoms with van der Waals surface area (Å²) < 4.78 is 14.2. The maximum Gasteiger partial charge on any atom is 0.222 e. The molecule has 5 rings (SSSR count). The Bertz CT molecular complexity index is 977. The van der Waals surface area contributed by atoms with Crippen LogP contribution in [0.25, 0.3) is 0 Å². The lowest BCUT2D eigenvalue weighted by Crippen LogP contribution is -2.45. The first-order chi connectivity index (χ1) is 15.6. The zero-order valence-electron chi connectivity index (χ0n) is 19.1. The maximum atomic E-state index is 14.2. The van der Waals surface area contributed by atoms with Crippen LogP contribution in [-0.4, -0.2) is 54.5 Å². The SMILES string of the molecule is Cc1cccc(N2c3ccc(F)cc3C3CN(CCCCN4CCCCC4=O)CCC32)c1. The van der Waals surface area contributed by atoms with E-state index in [1.807, 2.05) is 11.0 Å². The number of aryl methyl sites for hydroxylation is 1. The van der Waals surface area contributed by atoms with Gasteiger partial charge in [-0.05, 0) is 87.0 Å². The molecule has 2 unspecified atom stereocenters. The molecule has 2 saturated heterocycles. The lowest BCUT2D eigenvalue weighted by atomic mass is 9.88. The normalized spacial score (nSPS) is 23.4. The Hall–Kier alpha value is -2.40. The fourth-order valence-electron chi connectivity index (χ4n) is 5.89. The van der Waals surface area contributed by atoms with Crippen molar-refractivity contribution in [1.82, 2.24) is 9.80 Å². The van der Waals surface area contributed by atoms with Crippen LogP contribution in [0.2, 0.25) is 0 Å². The molecule has 32 heavy (non-hydrogen) atoms. The molecular formula is C27H34FN3O. The van der Waals surface area contributed by atoms with Gasteiger partial charge in [-0.1, -0.05) is 12.1 Å². The van der Waals surface area contributed by atoms with E-state index in [0.717, 1.165) is 82.5 Å². The Morgan fingerprint density at radius 3 is 2.75 bits per heavy atom. The molecular weight excluding hydrogens is 401 g/mol. The Morgan fingerprint density at radius 2 is 1.91 bits per heavy atom. The third kappa shape index (κ3) is 4.27. The monoisotopic (exact) mass is 435 g/mol. The molecule has 2 atom stereocenters. The zero-order valence-corrected chi connectivity index (χ0v) is 19.1. The number of carbonyl (C=O) groups is 1. The van der Waals surface area contributed by atoms with Crippen molar-refractivity contribution in [3.8, 4) is 0 Å². The molecule has 0 aliphatic carbocycles. The van der Waals surface area contributed by atoms with Gasteiger partial charge in [0.2, 0.25) is 5.91 Å². The van der Waals surface area contributed by atoms with Gasteiger partial charge in [-0.25, -0.2) is 4.39 Å². The summed E-state index contributed by atoms with van der Waals surface area (Å²) in [5.74, 6) is 0.522. The van der Waals surface area contributed by atoms with E-state index < -0.39 is 0 Å². The van der Waals surface area contributed by atoms with E-state index in [9.17, 15) is 9.18 Å². The van der Waals surface area contributed by atoms with Crippen LogP contribution in [0.1, 0.15) is 55.6 Å². The lowest BCUT2D eigenvalue weighted by molar-refractivity contribution is -0.133. The average molecular weight is 436 g/mol. The van der Waals surface area contributed by atoms with E-state index >= 15 is 0 Å². The van der Waals surface area contributed by atoms with Crippen molar-refractivity contribution in [2.24, 2.45) is 0 Å². The number of amides is 1. The van der Waals surface area contributed by atoms with Gasteiger partial charge in [-0.3, -0.25) is 4.79 Å². The van der Waals surface area contributed by atoms with Crippen LogP contribution < -0.4 is 4.90 Å². The zero-order chi connectivity index (χ0) is 22.1. The average Bonchev–Trinajstić information content (AvgIpc) is 3.11. The van der Waals surface area contributed by atoms with Crippen molar-refractivity contribution in [2.45, 2.75) is 57.4 Å². The Labute approximate surface area is 191 Å². The van der Waals surface area contributed by atoms with E-state index in [1.165, 1.54) is 11.3 Å². The number of halogens is 1. The summed E-state index contributed by atoms with van der Waals surface area (Å²) in [6, 6.07) is 14.4. The van der Waals surface area contributed by atoms with Crippen LogP contribution in [0.5, 0.6) is 0 Å². The largest absolute Gasteiger partial charge is 0.343 e. The molecule has 0 saturated carbocycles. The van der Waals surface area contributed by atoms with Gasteiger partial charge in [-0.15, -0.1) is 0 Å². The number of piperidine rings is 2. The first-order valence-electron chi connectivity index (χ1n) is 12.3. The van der Waals surface area contributed by atoms with E-state index in [4.69, 9.17) is 0 Å². The summed E-state index contributed by atoms with van der Waals surface area (Å²) in [6.45, 7) is 7.06. The number of nitrogens with zero attached hydrogens (tertiary/aromatic N) is 3. The number of fused-ring (bicyclic) bond motifs is 3. The van der Waals surface area contributed by atoms with Crippen LogP contribution in [-0.2, 0) is 4.79 Å². The summed E-state index contributed by atoms with van der Waals surface area (Å²) in [5.41, 5.74) is 4.78. The van der Waals surface area contributed by atoms with Crippen molar-refractivity contribution in [3.63, 3.8) is 0 Å². The van der Waals surface area contributed by atoms with Crippen LogP contribution in [0.15, 0.2) is 42.5 Å². The molecule has 170 valence electrons. The Morgan fingerprint density at radius 1 is 1.03 bits per heavy atom. The molecule has 0 radical (unpaired) electrons. The highest BCUT2D eigenvalue weighted by Gasteiger charge is 2.42. The Balaban J connectivity index is 1.25. The second-order valence-electron chi connectivity index (χ2n) is 9.72. The summed E-state index contributed by atoms with van der Waals surface area (Å²) in [5, 5.41) is 0. The van der Waals surface area contributed by atoms with E-state index in [1.54, 1.807) is 12.1 Å². The van der Waals surface area contributed by atoms with Gasteiger partial charge in [-0.2, -0.15) is 0 Å². The second kappa shape index (κ2) is 9.22. The number of carbonyl (C=O) groups excluding carboxylic acids is 1. The predicted octanol–water partition coefficient (Wildman–Crippen LogP) is 5.24. The Kier molecular flexibility index (Phi) is 6.18. The molecule has 4 nitrogen and oxygen atoms in total. The first-order valence-corrected chi connectivity index (χ1v) is 12.3. The molecule has 0 N–H and O–H groups in total. The third-order valence-electron chi connectivity index (χ3n) is 7.49. The van der Waals surface area contributed by atoms with Gasteiger partial charge < -0.3 is 14.7 Å². The number of hydrogen-bond acceptors (Lipinski definition) is 3. The quantitative estimate of drug-likeness (QED) is 0.581. The molecule has 1 amide bonds. The highest BCUT2D eigenvalue weighted by atomic mass is 19.1. The molecule has 0 aromatic heterocycles. The number of benzene rings is 2. The van der Waals surface area contributed by atoms with Crippen molar-refractivity contribution in [1.29, 1.82) is 0 Å². The fraction of sp³-hybridized carbons (Fsp3) is 0.519. The molecule has 2 aromatic rings. The minimum absolute atomic E-state index is 0.142. The summed E-state index contributed by atoms with van der Waals surface area (Å²) in [6.07, 6.45) is 6.18. The maximum absolute atomic E-state index is 14.2. The molecule has 0 bridgehead atoms. The van der Waals surface area contributed by atoms with Gasteiger partial charge in [0.15, 0.2) is 0 Å². The van der Waals surface area contributed by atoms with Crippen LogP contribution in [0.4, 0.5) is 15.8 Å². The number of likely N-dealkylation sites (tertiary alicyclic amines) is 2. The number of unbranched alkanes of at least 4 members (excludes halogenated alkanes) is 1. The van der Waals surface area contributed by atoms with Crippen molar-refractivity contribution < 1.29 is 9.18 Å². The van der Waals surface area contributed by atoms with Gasteiger partial charge in [0.25, 0.3) is 0 Å². The minimum atomic E-state index is -0.142. The van der Waals surface area contributed by atoms with E-state index in [2.05, 4.69) is 41.0 Å². The van der Waals surface area contributed by atoms with Crippen molar-refractivity contribution in [2.75, 3.05) is 37.6 Å². The lowest BCUT2D eigenvalue weighted by Gasteiger charge is -2.39. The summed E-state index contributed by atoms with van der Waals surface area (Å²) in [7, 11) is 0.